The Morgan fingerprint density at radius 1 is 1.08 bits per heavy atom. The lowest BCUT2D eigenvalue weighted by molar-refractivity contribution is -0.156. The van der Waals surface area contributed by atoms with Gasteiger partial charge in [0.25, 0.3) is 11.5 Å². The topological polar surface area (TPSA) is 106 Å². The molecule has 8 heteroatoms. The van der Waals surface area contributed by atoms with Crippen LogP contribution in [0, 0.1) is 0 Å². The maximum atomic E-state index is 12.4. The first-order valence-corrected chi connectivity index (χ1v) is 8.00. The average Bonchev–Trinajstić information content (AvgIpc) is 2.62. The number of rotatable bonds is 6. The highest BCUT2D eigenvalue weighted by Crippen LogP contribution is 2.18. The van der Waals surface area contributed by atoms with Crippen molar-refractivity contribution in [2.24, 2.45) is 0 Å². The first-order valence-electron chi connectivity index (χ1n) is 8.00. The zero-order valence-electron chi connectivity index (χ0n) is 14.2. The van der Waals surface area contributed by atoms with Crippen molar-refractivity contribution < 1.29 is 19.1 Å². The number of hydrogen-bond acceptors (Lipinski definition) is 5. The first kappa shape index (κ1) is 18.9. The van der Waals surface area contributed by atoms with E-state index in [1.165, 1.54) is 12.3 Å². The molecule has 0 radical (unpaired) electrons. The van der Waals surface area contributed by atoms with E-state index in [1.807, 2.05) is 0 Å². The van der Waals surface area contributed by atoms with Gasteiger partial charge in [0.15, 0.2) is 0 Å². The number of imide groups is 1. The molecule has 1 atom stereocenters. The van der Waals surface area contributed by atoms with Crippen molar-refractivity contribution in [2.45, 2.75) is 19.6 Å². The molecule has 26 heavy (non-hydrogen) atoms. The number of ether oxygens (including phenoxy) is 1. The molecule has 0 aliphatic carbocycles. The number of urea groups is 1. The van der Waals surface area contributed by atoms with Gasteiger partial charge in [0, 0.05) is 24.4 Å². The fourth-order valence-corrected chi connectivity index (χ4v) is 2.18. The Bertz CT molecular complexity index is 832. The summed E-state index contributed by atoms with van der Waals surface area (Å²) >= 11 is 0. The van der Waals surface area contributed by atoms with E-state index >= 15 is 0 Å². The Morgan fingerprint density at radius 2 is 1.77 bits per heavy atom. The second kappa shape index (κ2) is 9.16. The van der Waals surface area contributed by atoms with Crippen molar-refractivity contribution >= 4 is 17.9 Å². The minimum atomic E-state index is -1.31. The lowest BCUT2D eigenvalue weighted by atomic mass is 10.1. The van der Waals surface area contributed by atoms with E-state index in [0.29, 0.717) is 12.1 Å². The van der Waals surface area contributed by atoms with Crippen molar-refractivity contribution in [1.29, 1.82) is 0 Å². The molecular weight excluding hydrogens is 338 g/mol. The third kappa shape index (κ3) is 5.30. The molecule has 2 N–H and O–H groups in total. The van der Waals surface area contributed by atoms with Gasteiger partial charge in [-0.2, -0.15) is 0 Å². The van der Waals surface area contributed by atoms with E-state index < -0.39 is 24.0 Å². The third-order valence-corrected chi connectivity index (χ3v) is 3.36. The molecule has 2 aromatic rings. The standard InChI is InChI=1S/C18H19N3O5/c1-2-19-18(25)20-17(24)16(13-8-4-3-5-9-13)26-15(23)12-21-11-7-6-10-14(21)22/h3-11,16H,2,12H2,1H3,(H2,19,20,24,25)/t16-/m0/s1. The maximum Gasteiger partial charge on any atom is 0.327 e. The Morgan fingerprint density at radius 3 is 2.42 bits per heavy atom. The number of benzene rings is 1. The molecule has 0 bridgehead atoms. The summed E-state index contributed by atoms with van der Waals surface area (Å²) in [6.45, 7) is 1.69. The van der Waals surface area contributed by atoms with Crippen LogP contribution in [-0.4, -0.2) is 29.0 Å². The molecular formula is C18H19N3O5. The van der Waals surface area contributed by atoms with Crippen LogP contribution in [0.1, 0.15) is 18.6 Å². The van der Waals surface area contributed by atoms with Crippen molar-refractivity contribution in [3.05, 3.63) is 70.6 Å². The number of nitrogens with zero attached hydrogens (tertiary/aromatic N) is 1. The highest BCUT2D eigenvalue weighted by atomic mass is 16.5. The molecule has 0 saturated carbocycles. The number of carbonyl (C=O) groups excluding carboxylic acids is 3. The van der Waals surface area contributed by atoms with Crippen LogP contribution in [0.25, 0.3) is 0 Å². The quantitative estimate of drug-likeness (QED) is 0.750. The predicted molar refractivity (Wildman–Crippen MR) is 93.2 cm³/mol. The minimum absolute atomic E-state index is 0.339. The van der Waals surface area contributed by atoms with Gasteiger partial charge in [-0.05, 0) is 13.0 Å². The van der Waals surface area contributed by atoms with Gasteiger partial charge in [0.05, 0.1) is 0 Å². The third-order valence-electron chi connectivity index (χ3n) is 3.36. The Labute approximate surface area is 149 Å². The lowest BCUT2D eigenvalue weighted by Gasteiger charge is -2.18. The van der Waals surface area contributed by atoms with Gasteiger partial charge >= 0.3 is 12.0 Å². The molecule has 0 spiro atoms. The smallest absolute Gasteiger partial charge is 0.327 e. The summed E-state index contributed by atoms with van der Waals surface area (Å²) in [5.74, 6) is -1.56. The average molecular weight is 357 g/mol. The summed E-state index contributed by atoms with van der Waals surface area (Å²) in [4.78, 5) is 47.8. The number of carbonyl (C=O) groups is 3. The lowest BCUT2D eigenvalue weighted by Crippen LogP contribution is -2.42. The van der Waals surface area contributed by atoms with Gasteiger partial charge in [-0.25, -0.2) is 4.79 Å². The molecule has 0 saturated heterocycles. The minimum Gasteiger partial charge on any atom is -0.446 e. The Hall–Kier alpha value is -3.42. The van der Waals surface area contributed by atoms with E-state index in [-0.39, 0.29) is 12.1 Å². The Balaban J connectivity index is 2.15. The van der Waals surface area contributed by atoms with Gasteiger partial charge in [-0.3, -0.25) is 19.7 Å². The van der Waals surface area contributed by atoms with Gasteiger partial charge in [0.1, 0.15) is 6.54 Å². The summed E-state index contributed by atoms with van der Waals surface area (Å²) < 4.78 is 6.40. The highest BCUT2D eigenvalue weighted by molar-refractivity contribution is 5.97. The zero-order chi connectivity index (χ0) is 18.9. The van der Waals surface area contributed by atoms with E-state index in [4.69, 9.17) is 4.74 Å². The normalized spacial score (nSPS) is 11.3. The molecule has 3 amide bonds. The summed E-state index contributed by atoms with van der Waals surface area (Å²) in [5, 5.41) is 4.55. The van der Waals surface area contributed by atoms with Crippen molar-refractivity contribution in [3.63, 3.8) is 0 Å². The molecule has 0 unspecified atom stereocenters. The summed E-state index contributed by atoms with van der Waals surface area (Å²) in [5.41, 5.74) is 0.0375. The molecule has 1 aromatic carbocycles. The van der Waals surface area contributed by atoms with Crippen LogP contribution in [0.2, 0.25) is 0 Å². The zero-order valence-corrected chi connectivity index (χ0v) is 14.2. The molecule has 1 heterocycles. The summed E-state index contributed by atoms with van der Waals surface area (Å²) in [6, 6.07) is 12.1. The number of aromatic nitrogens is 1. The number of esters is 1. The van der Waals surface area contributed by atoms with Crippen LogP contribution < -0.4 is 16.2 Å². The summed E-state index contributed by atoms with van der Waals surface area (Å²) in [6.07, 6.45) is 0.126. The van der Waals surface area contributed by atoms with E-state index in [2.05, 4.69) is 10.6 Å². The van der Waals surface area contributed by atoms with Crippen molar-refractivity contribution in [1.82, 2.24) is 15.2 Å². The van der Waals surface area contributed by atoms with Crippen molar-refractivity contribution in [2.75, 3.05) is 6.54 Å². The fourth-order valence-electron chi connectivity index (χ4n) is 2.18. The first-order chi connectivity index (χ1) is 12.5. The van der Waals surface area contributed by atoms with Crippen LogP contribution in [0.4, 0.5) is 4.79 Å². The monoisotopic (exact) mass is 357 g/mol. The number of hydrogen-bond donors (Lipinski definition) is 2. The molecule has 0 aliphatic rings. The molecule has 1 aromatic heterocycles. The SMILES string of the molecule is CCNC(=O)NC(=O)[C@@H](OC(=O)Cn1ccccc1=O)c1ccccc1. The van der Waals surface area contributed by atoms with Crippen LogP contribution in [-0.2, 0) is 20.9 Å². The van der Waals surface area contributed by atoms with Gasteiger partial charge in [0.2, 0.25) is 6.10 Å². The highest BCUT2D eigenvalue weighted by Gasteiger charge is 2.26. The molecule has 0 aliphatic heterocycles. The largest absolute Gasteiger partial charge is 0.446 e. The van der Waals surface area contributed by atoms with Crippen LogP contribution in [0.3, 0.4) is 0 Å². The number of nitrogens with one attached hydrogen (secondary N) is 2. The second-order valence-electron chi connectivity index (χ2n) is 5.30. The predicted octanol–water partition coefficient (Wildman–Crippen LogP) is 0.978. The maximum absolute atomic E-state index is 12.4. The fraction of sp³-hybridized carbons (Fsp3) is 0.222. The molecule has 136 valence electrons. The van der Waals surface area contributed by atoms with Crippen LogP contribution in [0.15, 0.2) is 59.5 Å². The van der Waals surface area contributed by atoms with E-state index in [1.54, 1.807) is 49.4 Å². The van der Waals surface area contributed by atoms with E-state index in [9.17, 15) is 19.2 Å². The van der Waals surface area contributed by atoms with Gasteiger partial charge in [-0.1, -0.05) is 36.4 Å². The van der Waals surface area contributed by atoms with Gasteiger partial charge in [-0.15, -0.1) is 0 Å². The van der Waals surface area contributed by atoms with E-state index in [0.717, 1.165) is 4.57 Å². The second-order valence-corrected chi connectivity index (χ2v) is 5.30. The van der Waals surface area contributed by atoms with Crippen LogP contribution in [0.5, 0.6) is 0 Å². The molecule has 0 fully saturated rings. The Kier molecular flexibility index (Phi) is 6.67. The number of pyridine rings is 1. The number of amides is 3. The molecule has 2 rings (SSSR count). The van der Waals surface area contributed by atoms with Crippen molar-refractivity contribution in [3.8, 4) is 0 Å². The van der Waals surface area contributed by atoms with Gasteiger partial charge < -0.3 is 14.6 Å². The molecule has 8 nitrogen and oxygen atoms in total. The van der Waals surface area contributed by atoms with Crippen LogP contribution >= 0.6 is 0 Å². The summed E-state index contributed by atoms with van der Waals surface area (Å²) in [7, 11) is 0.